The lowest BCUT2D eigenvalue weighted by molar-refractivity contribution is -0.131. The topological polar surface area (TPSA) is 46.3 Å². The largest absolute Gasteiger partial charge is 0.342 e. The van der Waals surface area contributed by atoms with Crippen molar-refractivity contribution in [1.82, 2.24) is 4.90 Å². The third-order valence-corrected chi connectivity index (χ3v) is 3.54. The minimum absolute atomic E-state index is 0.200. The Morgan fingerprint density at radius 2 is 2.12 bits per heavy atom. The van der Waals surface area contributed by atoms with Crippen molar-refractivity contribution in [1.29, 1.82) is 0 Å². The molecule has 0 aromatic carbocycles. The molecule has 0 radical (unpaired) electrons. The standard InChI is InChI=1S/C12H26N2OS/c1-5-11(9-16-4)14(3)12(15)8-6-7-10(2)13/h10-11H,5-9,13H2,1-4H3. The van der Waals surface area contributed by atoms with Crippen LogP contribution in [0.5, 0.6) is 0 Å². The number of hydrogen-bond acceptors (Lipinski definition) is 3. The molecule has 0 saturated carbocycles. The van der Waals surface area contributed by atoms with Crippen LogP contribution in [0.15, 0.2) is 0 Å². The van der Waals surface area contributed by atoms with Gasteiger partial charge in [-0.2, -0.15) is 11.8 Å². The summed E-state index contributed by atoms with van der Waals surface area (Å²) in [4.78, 5) is 13.8. The molecule has 1 amide bonds. The van der Waals surface area contributed by atoms with E-state index < -0.39 is 0 Å². The first-order valence-electron chi connectivity index (χ1n) is 6.03. The lowest BCUT2D eigenvalue weighted by Crippen LogP contribution is -2.38. The van der Waals surface area contributed by atoms with E-state index >= 15 is 0 Å². The fourth-order valence-corrected chi connectivity index (χ4v) is 2.50. The number of nitrogens with two attached hydrogens (primary N) is 1. The molecule has 2 atom stereocenters. The summed E-state index contributed by atoms with van der Waals surface area (Å²) in [5.41, 5.74) is 5.66. The van der Waals surface area contributed by atoms with Gasteiger partial charge in [-0.1, -0.05) is 6.92 Å². The zero-order chi connectivity index (χ0) is 12.6. The first-order valence-corrected chi connectivity index (χ1v) is 7.42. The minimum Gasteiger partial charge on any atom is -0.342 e. The predicted octanol–water partition coefficient (Wildman–Crippen LogP) is 2.10. The summed E-state index contributed by atoms with van der Waals surface area (Å²) in [6, 6.07) is 0.573. The second-order valence-electron chi connectivity index (χ2n) is 4.39. The lowest BCUT2D eigenvalue weighted by atomic mass is 10.1. The van der Waals surface area contributed by atoms with E-state index in [0.717, 1.165) is 25.0 Å². The normalized spacial score (nSPS) is 14.6. The van der Waals surface area contributed by atoms with Crippen LogP contribution in [0.4, 0.5) is 0 Å². The maximum atomic E-state index is 11.9. The number of nitrogens with zero attached hydrogens (tertiary/aromatic N) is 1. The average molecular weight is 246 g/mol. The van der Waals surface area contributed by atoms with Crippen molar-refractivity contribution >= 4 is 17.7 Å². The highest BCUT2D eigenvalue weighted by molar-refractivity contribution is 7.98. The molecule has 0 aromatic heterocycles. The summed E-state index contributed by atoms with van der Waals surface area (Å²) in [6.07, 6.45) is 5.56. The number of hydrogen-bond donors (Lipinski definition) is 1. The van der Waals surface area contributed by atoms with E-state index in [1.54, 1.807) is 11.8 Å². The average Bonchev–Trinajstić information content (AvgIpc) is 2.24. The van der Waals surface area contributed by atoms with Gasteiger partial charge in [-0.05, 0) is 32.4 Å². The second-order valence-corrected chi connectivity index (χ2v) is 5.30. The molecule has 0 rings (SSSR count). The van der Waals surface area contributed by atoms with E-state index in [9.17, 15) is 4.79 Å². The Bertz CT molecular complexity index is 197. The van der Waals surface area contributed by atoms with Crippen molar-refractivity contribution in [2.45, 2.75) is 51.6 Å². The molecule has 2 unspecified atom stereocenters. The summed E-state index contributed by atoms with van der Waals surface area (Å²) < 4.78 is 0. The van der Waals surface area contributed by atoms with Crippen LogP contribution in [0.2, 0.25) is 0 Å². The molecule has 16 heavy (non-hydrogen) atoms. The highest BCUT2D eigenvalue weighted by atomic mass is 32.2. The Kier molecular flexibility index (Phi) is 8.76. The Morgan fingerprint density at radius 1 is 1.50 bits per heavy atom. The van der Waals surface area contributed by atoms with Gasteiger partial charge >= 0.3 is 0 Å². The molecule has 0 spiro atoms. The van der Waals surface area contributed by atoms with Gasteiger partial charge in [0, 0.05) is 31.3 Å². The van der Waals surface area contributed by atoms with Crippen LogP contribution in [-0.4, -0.2) is 41.9 Å². The summed E-state index contributed by atoms with van der Waals surface area (Å²) in [5, 5.41) is 0. The van der Waals surface area contributed by atoms with Gasteiger partial charge in [0.25, 0.3) is 0 Å². The third-order valence-electron chi connectivity index (χ3n) is 2.82. The van der Waals surface area contributed by atoms with E-state index in [1.807, 2.05) is 18.9 Å². The number of amides is 1. The maximum Gasteiger partial charge on any atom is 0.222 e. The van der Waals surface area contributed by atoms with Crippen molar-refractivity contribution in [3.63, 3.8) is 0 Å². The van der Waals surface area contributed by atoms with Gasteiger partial charge in [0.1, 0.15) is 0 Å². The van der Waals surface area contributed by atoms with Crippen molar-refractivity contribution in [3.8, 4) is 0 Å². The smallest absolute Gasteiger partial charge is 0.222 e. The zero-order valence-electron chi connectivity index (χ0n) is 11.0. The van der Waals surface area contributed by atoms with Gasteiger partial charge < -0.3 is 10.6 Å². The SMILES string of the molecule is CCC(CSC)N(C)C(=O)CCCC(C)N. The van der Waals surface area contributed by atoms with Crippen LogP contribution in [0.1, 0.15) is 39.5 Å². The molecule has 4 heteroatoms. The van der Waals surface area contributed by atoms with Crippen LogP contribution in [0, 0.1) is 0 Å². The van der Waals surface area contributed by atoms with Gasteiger partial charge in [0.2, 0.25) is 5.91 Å². The molecular weight excluding hydrogens is 220 g/mol. The third kappa shape index (κ3) is 6.38. The Hall–Kier alpha value is -0.220. The minimum atomic E-state index is 0.200. The Balaban J connectivity index is 3.95. The van der Waals surface area contributed by atoms with Crippen LogP contribution in [0.3, 0.4) is 0 Å². The molecule has 0 heterocycles. The number of carbonyl (C=O) groups excluding carboxylic acids is 1. The molecule has 0 fully saturated rings. The van der Waals surface area contributed by atoms with E-state index in [2.05, 4.69) is 13.2 Å². The number of thioether (sulfide) groups is 1. The Morgan fingerprint density at radius 3 is 2.56 bits per heavy atom. The quantitative estimate of drug-likeness (QED) is 0.713. The first-order chi connectivity index (χ1) is 7.52. The summed E-state index contributed by atoms with van der Waals surface area (Å²) in [6.45, 7) is 4.11. The van der Waals surface area contributed by atoms with Gasteiger partial charge in [0.05, 0.1) is 0 Å². The fourth-order valence-electron chi connectivity index (χ4n) is 1.65. The van der Waals surface area contributed by atoms with Gasteiger partial charge in [0.15, 0.2) is 0 Å². The van der Waals surface area contributed by atoms with Gasteiger partial charge in [-0.15, -0.1) is 0 Å². The summed E-state index contributed by atoms with van der Waals surface area (Å²) >= 11 is 1.79. The summed E-state index contributed by atoms with van der Waals surface area (Å²) in [5.74, 6) is 1.27. The van der Waals surface area contributed by atoms with Crippen LogP contribution in [0.25, 0.3) is 0 Å². The number of carbonyl (C=O) groups is 1. The molecule has 0 aliphatic heterocycles. The lowest BCUT2D eigenvalue weighted by Gasteiger charge is -2.27. The second kappa shape index (κ2) is 8.88. The van der Waals surface area contributed by atoms with E-state index in [4.69, 9.17) is 5.73 Å². The monoisotopic (exact) mass is 246 g/mol. The van der Waals surface area contributed by atoms with Crippen molar-refractivity contribution in [2.24, 2.45) is 5.73 Å². The van der Waals surface area contributed by atoms with Gasteiger partial charge in [-0.3, -0.25) is 4.79 Å². The van der Waals surface area contributed by atoms with Crippen molar-refractivity contribution in [3.05, 3.63) is 0 Å². The highest BCUT2D eigenvalue weighted by Gasteiger charge is 2.17. The molecule has 96 valence electrons. The molecular formula is C12H26N2OS. The van der Waals surface area contributed by atoms with E-state index in [1.165, 1.54) is 0 Å². The molecule has 3 nitrogen and oxygen atoms in total. The molecule has 0 aliphatic carbocycles. The highest BCUT2D eigenvalue weighted by Crippen LogP contribution is 2.11. The number of rotatable bonds is 8. The van der Waals surface area contributed by atoms with Crippen molar-refractivity contribution < 1.29 is 4.79 Å². The van der Waals surface area contributed by atoms with Crippen LogP contribution < -0.4 is 5.73 Å². The predicted molar refractivity (Wildman–Crippen MR) is 72.7 cm³/mol. The van der Waals surface area contributed by atoms with E-state index in [0.29, 0.717) is 12.5 Å². The molecule has 0 aromatic rings. The van der Waals surface area contributed by atoms with Crippen molar-refractivity contribution in [2.75, 3.05) is 19.1 Å². The molecule has 0 bridgehead atoms. The maximum absolute atomic E-state index is 11.9. The molecule has 0 saturated heterocycles. The van der Waals surface area contributed by atoms with Crippen LogP contribution >= 0.6 is 11.8 Å². The van der Waals surface area contributed by atoms with E-state index in [-0.39, 0.29) is 11.9 Å². The Labute approximate surface area is 104 Å². The van der Waals surface area contributed by atoms with Crippen LogP contribution in [-0.2, 0) is 4.79 Å². The summed E-state index contributed by atoms with van der Waals surface area (Å²) in [7, 11) is 1.92. The van der Waals surface area contributed by atoms with Gasteiger partial charge in [-0.25, -0.2) is 0 Å². The zero-order valence-corrected chi connectivity index (χ0v) is 11.8. The molecule has 2 N–H and O–H groups in total. The first kappa shape index (κ1) is 15.8. The fraction of sp³-hybridized carbons (Fsp3) is 0.917. The molecule has 0 aliphatic rings.